The number of carbonyl (C=O) groups is 1. The number of nitrogens with one attached hydrogen (secondary N) is 1. The van der Waals surface area contributed by atoms with E-state index in [2.05, 4.69) is 23.8 Å². The van der Waals surface area contributed by atoms with E-state index in [0.29, 0.717) is 0 Å². The maximum absolute atomic E-state index is 12.0. The topological polar surface area (TPSA) is 29.1 Å². The van der Waals surface area contributed by atoms with E-state index >= 15 is 0 Å². The van der Waals surface area contributed by atoms with Gasteiger partial charge in [0.2, 0.25) is 0 Å². The molecule has 0 spiro atoms. The number of amides is 1. The molecule has 0 saturated heterocycles. The molecule has 0 radical (unpaired) electrons. The summed E-state index contributed by atoms with van der Waals surface area (Å²) in [6.07, 6.45) is 4.19. The number of hydrogen-bond donors (Lipinski definition) is 1. The van der Waals surface area contributed by atoms with Gasteiger partial charge in [-0.15, -0.1) is 0 Å². The minimum absolute atomic E-state index is 0.116. The third-order valence-electron chi connectivity index (χ3n) is 3.28. The highest BCUT2D eigenvalue weighted by Gasteiger charge is 2.19. The van der Waals surface area contributed by atoms with Crippen molar-refractivity contribution < 1.29 is 4.79 Å². The van der Waals surface area contributed by atoms with Gasteiger partial charge in [-0.1, -0.05) is 42.8 Å². The Hall–Kier alpha value is -1.22. The first-order chi connectivity index (χ1) is 8.81. The molecule has 96 valence electrons. The summed E-state index contributed by atoms with van der Waals surface area (Å²) in [5.74, 6) is 0.937. The second-order valence-corrected chi connectivity index (χ2v) is 5.28. The summed E-state index contributed by atoms with van der Waals surface area (Å²) in [5.41, 5.74) is 3.60. The average molecular weight is 261 g/mol. The fourth-order valence-electron chi connectivity index (χ4n) is 2.29. The van der Waals surface area contributed by atoms with Crippen LogP contribution in [0.15, 0.2) is 41.5 Å². The second kappa shape index (κ2) is 6.64. The number of benzene rings is 1. The summed E-state index contributed by atoms with van der Waals surface area (Å²) >= 11 is 1.48. The lowest BCUT2D eigenvalue weighted by atomic mass is 10.1. The zero-order valence-corrected chi connectivity index (χ0v) is 11.6. The van der Waals surface area contributed by atoms with E-state index in [0.717, 1.165) is 37.0 Å². The zero-order chi connectivity index (χ0) is 12.8. The molecule has 0 aliphatic heterocycles. The molecule has 1 N–H and O–H groups in total. The summed E-state index contributed by atoms with van der Waals surface area (Å²) in [4.78, 5) is 12.0. The molecule has 0 aromatic heterocycles. The lowest BCUT2D eigenvalue weighted by Gasteiger charge is -2.07. The van der Waals surface area contributed by atoms with Gasteiger partial charge in [0, 0.05) is 11.3 Å². The van der Waals surface area contributed by atoms with E-state index in [9.17, 15) is 4.79 Å². The van der Waals surface area contributed by atoms with Crippen molar-refractivity contribution in [1.29, 1.82) is 0 Å². The molecule has 1 aliphatic rings. The minimum Gasteiger partial charge on any atom is -0.296 e. The number of rotatable bonds is 5. The minimum atomic E-state index is 0.116. The van der Waals surface area contributed by atoms with E-state index in [-0.39, 0.29) is 5.91 Å². The van der Waals surface area contributed by atoms with Crippen molar-refractivity contribution in [3.63, 3.8) is 0 Å². The van der Waals surface area contributed by atoms with Crippen molar-refractivity contribution in [3.05, 3.63) is 47.0 Å². The maximum Gasteiger partial charge on any atom is 0.256 e. The molecule has 1 aromatic rings. The van der Waals surface area contributed by atoms with Gasteiger partial charge in [-0.25, -0.2) is 0 Å². The number of allylic oxidation sites excluding steroid dienone is 1. The fourth-order valence-corrected chi connectivity index (χ4v) is 2.98. The third-order valence-corrected chi connectivity index (χ3v) is 4.09. The molecule has 2 nitrogen and oxygen atoms in total. The van der Waals surface area contributed by atoms with Gasteiger partial charge in [0.1, 0.15) is 0 Å². The monoisotopic (exact) mass is 261 g/mol. The fraction of sp³-hybridized carbons (Fsp3) is 0.400. The molecule has 3 heteroatoms. The SMILES string of the molecule is CCC1=C(C(=O)NSCc2ccccc2)CCC1. The Morgan fingerprint density at radius 3 is 2.78 bits per heavy atom. The van der Waals surface area contributed by atoms with E-state index < -0.39 is 0 Å². The van der Waals surface area contributed by atoms with E-state index in [1.165, 1.54) is 23.1 Å². The Balaban J connectivity index is 1.82. The Morgan fingerprint density at radius 1 is 1.28 bits per heavy atom. The van der Waals surface area contributed by atoms with Crippen LogP contribution in [-0.2, 0) is 10.5 Å². The van der Waals surface area contributed by atoms with Crippen molar-refractivity contribution >= 4 is 17.9 Å². The molecule has 18 heavy (non-hydrogen) atoms. The predicted octanol–water partition coefficient (Wildman–Crippen LogP) is 3.84. The molecule has 0 atom stereocenters. The lowest BCUT2D eigenvalue weighted by molar-refractivity contribution is -0.115. The highest BCUT2D eigenvalue weighted by molar-refractivity contribution is 7.97. The first-order valence-corrected chi connectivity index (χ1v) is 7.46. The normalized spacial score (nSPS) is 14.9. The van der Waals surface area contributed by atoms with E-state index in [1.807, 2.05) is 18.2 Å². The molecule has 0 bridgehead atoms. The van der Waals surface area contributed by atoms with Crippen molar-refractivity contribution in [2.45, 2.75) is 38.4 Å². The average Bonchev–Trinajstić information content (AvgIpc) is 2.88. The molecule has 2 rings (SSSR count). The van der Waals surface area contributed by atoms with Crippen LogP contribution < -0.4 is 4.72 Å². The maximum atomic E-state index is 12.0. The quantitative estimate of drug-likeness (QED) is 0.816. The Kier molecular flexibility index (Phi) is 4.88. The first kappa shape index (κ1) is 13.2. The second-order valence-electron chi connectivity index (χ2n) is 4.49. The van der Waals surface area contributed by atoms with Crippen LogP contribution in [0.1, 0.15) is 38.2 Å². The van der Waals surface area contributed by atoms with Gasteiger partial charge < -0.3 is 0 Å². The smallest absolute Gasteiger partial charge is 0.256 e. The largest absolute Gasteiger partial charge is 0.296 e. The van der Waals surface area contributed by atoms with E-state index in [4.69, 9.17) is 0 Å². The summed E-state index contributed by atoms with van der Waals surface area (Å²) in [6.45, 7) is 2.13. The van der Waals surface area contributed by atoms with Crippen LogP contribution in [0.25, 0.3) is 0 Å². The Morgan fingerprint density at radius 2 is 2.06 bits per heavy atom. The van der Waals surface area contributed by atoms with Crippen molar-refractivity contribution in [3.8, 4) is 0 Å². The van der Waals surface area contributed by atoms with Crippen LogP contribution in [0.4, 0.5) is 0 Å². The summed E-state index contributed by atoms with van der Waals surface area (Å²) in [6, 6.07) is 10.2. The van der Waals surface area contributed by atoms with E-state index in [1.54, 1.807) is 0 Å². The Bertz CT molecular complexity index is 439. The summed E-state index contributed by atoms with van der Waals surface area (Å²) < 4.78 is 2.96. The summed E-state index contributed by atoms with van der Waals surface area (Å²) in [5, 5.41) is 0. The third kappa shape index (κ3) is 3.39. The first-order valence-electron chi connectivity index (χ1n) is 6.48. The van der Waals surface area contributed by atoms with Gasteiger partial charge in [-0.2, -0.15) is 0 Å². The molecule has 0 heterocycles. The molecule has 1 amide bonds. The van der Waals surface area contributed by atoms with Crippen molar-refractivity contribution in [2.24, 2.45) is 0 Å². The molecular weight excluding hydrogens is 242 g/mol. The van der Waals surface area contributed by atoms with Crippen LogP contribution in [0, 0.1) is 0 Å². The van der Waals surface area contributed by atoms with Gasteiger partial charge >= 0.3 is 0 Å². The molecule has 0 saturated carbocycles. The van der Waals surface area contributed by atoms with Gasteiger partial charge in [0.05, 0.1) is 0 Å². The van der Waals surface area contributed by atoms with Crippen LogP contribution in [0.3, 0.4) is 0 Å². The van der Waals surface area contributed by atoms with Gasteiger partial charge in [0.25, 0.3) is 5.91 Å². The van der Waals surface area contributed by atoms with Crippen LogP contribution in [-0.4, -0.2) is 5.91 Å². The van der Waals surface area contributed by atoms with Gasteiger partial charge in [0.15, 0.2) is 0 Å². The highest BCUT2D eigenvalue weighted by Crippen LogP contribution is 2.28. The highest BCUT2D eigenvalue weighted by atomic mass is 32.2. The molecule has 1 aromatic carbocycles. The van der Waals surface area contributed by atoms with Crippen LogP contribution in [0.2, 0.25) is 0 Å². The Labute approximate surface area is 113 Å². The van der Waals surface area contributed by atoms with Crippen molar-refractivity contribution in [2.75, 3.05) is 0 Å². The zero-order valence-electron chi connectivity index (χ0n) is 10.7. The lowest BCUT2D eigenvalue weighted by Crippen LogP contribution is -2.18. The van der Waals surface area contributed by atoms with Crippen molar-refractivity contribution in [1.82, 2.24) is 4.72 Å². The number of carbonyl (C=O) groups excluding carboxylic acids is 1. The van der Waals surface area contributed by atoms with Gasteiger partial charge in [-0.05, 0) is 43.2 Å². The van der Waals surface area contributed by atoms with Crippen LogP contribution in [0.5, 0.6) is 0 Å². The molecule has 0 fully saturated rings. The predicted molar refractivity (Wildman–Crippen MR) is 77.0 cm³/mol. The number of hydrogen-bond acceptors (Lipinski definition) is 2. The van der Waals surface area contributed by atoms with Gasteiger partial charge in [-0.3, -0.25) is 9.52 Å². The standard InChI is InChI=1S/C15H19NOS/c1-2-13-9-6-10-14(13)15(17)16-18-11-12-7-4-3-5-8-12/h3-5,7-8H,2,6,9-11H2,1H3,(H,16,17). The molecule has 0 unspecified atom stereocenters. The van der Waals surface area contributed by atoms with Crippen LogP contribution >= 0.6 is 11.9 Å². The summed E-state index contributed by atoms with van der Waals surface area (Å²) in [7, 11) is 0. The molecular formula is C15H19NOS. The molecule has 1 aliphatic carbocycles.